The van der Waals surface area contributed by atoms with Crippen LogP contribution in [0.25, 0.3) is 33.2 Å². The molecule has 0 aliphatic heterocycles. The lowest BCUT2D eigenvalue weighted by Crippen LogP contribution is -2.30. The maximum Gasteiger partial charge on any atom is 0.223 e. The third-order valence-corrected chi connectivity index (χ3v) is 7.33. The second-order valence-corrected chi connectivity index (χ2v) is 10.1. The molecule has 0 saturated heterocycles. The molecule has 0 aliphatic carbocycles. The number of fused-ring (bicyclic) bond motifs is 2. The Morgan fingerprint density at radius 2 is 1.45 bits per heavy atom. The highest BCUT2D eigenvalue weighted by Gasteiger charge is 2.18. The summed E-state index contributed by atoms with van der Waals surface area (Å²) in [7, 11) is 0. The number of benzene rings is 4. The van der Waals surface area contributed by atoms with E-state index in [-0.39, 0.29) is 11.7 Å². The zero-order valence-corrected chi connectivity index (χ0v) is 22.2. The summed E-state index contributed by atoms with van der Waals surface area (Å²) in [5, 5.41) is 1.90. The van der Waals surface area contributed by atoms with Gasteiger partial charge < -0.3 is 9.88 Å². The number of aryl methyl sites for hydroxylation is 1. The second kappa shape index (κ2) is 11.5. The number of amides is 1. The van der Waals surface area contributed by atoms with Crippen LogP contribution in [-0.2, 0) is 24.3 Å². The van der Waals surface area contributed by atoms with Crippen LogP contribution in [0.1, 0.15) is 29.5 Å². The first-order chi connectivity index (χ1) is 19.6. The number of aromatic nitrogens is 2. The van der Waals surface area contributed by atoms with Gasteiger partial charge in [-0.05, 0) is 59.9 Å². The molecule has 0 unspecified atom stereocenters. The lowest BCUT2D eigenvalue weighted by Gasteiger charge is -2.23. The van der Waals surface area contributed by atoms with Crippen molar-refractivity contribution in [3.8, 4) is 11.4 Å². The van der Waals surface area contributed by atoms with Gasteiger partial charge in [-0.3, -0.25) is 4.79 Å². The first-order valence-electron chi connectivity index (χ1n) is 13.7. The summed E-state index contributed by atoms with van der Waals surface area (Å²) in [5.74, 6) is -0.178. The highest BCUT2D eigenvalue weighted by molar-refractivity contribution is 5.91. The number of carbonyl (C=O) groups is 1. The number of pyridine rings is 1. The Bertz CT molecular complexity index is 1720. The summed E-state index contributed by atoms with van der Waals surface area (Å²) >= 11 is 0. The predicted octanol–water partition coefficient (Wildman–Crippen LogP) is 8.07. The van der Waals surface area contributed by atoms with Gasteiger partial charge in [0.25, 0.3) is 0 Å². The van der Waals surface area contributed by atoms with E-state index in [1.807, 2.05) is 71.6 Å². The number of carbonyl (C=O) groups excluding carboxylic acids is 1. The summed E-state index contributed by atoms with van der Waals surface area (Å²) < 4.78 is 14.3. The first-order valence-corrected chi connectivity index (χ1v) is 13.7. The van der Waals surface area contributed by atoms with Gasteiger partial charge in [0.1, 0.15) is 5.82 Å². The number of hydrogen-bond acceptors (Lipinski definition) is 2. The van der Waals surface area contributed by atoms with Crippen LogP contribution in [0.2, 0.25) is 0 Å². The van der Waals surface area contributed by atoms with E-state index in [9.17, 15) is 9.18 Å². The largest absolute Gasteiger partial charge is 0.353 e. The summed E-state index contributed by atoms with van der Waals surface area (Å²) in [6.45, 7) is 1.11. The van der Waals surface area contributed by atoms with Crippen molar-refractivity contribution in [2.45, 2.75) is 32.4 Å². The Hall–Kier alpha value is -4.77. The number of aromatic amines is 1. The topological polar surface area (TPSA) is 49.0 Å². The van der Waals surface area contributed by atoms with Crippen LogP contribution in [0.15, 0.2) is 115 Å². The molecule has 0 aliphatic rings. The molecule has 0 atom stereocenters. The smallest absolute Gasteiger partial charge is 0.223 e. The molecule has 6 aromatic rings. The molecule has 1 N–H and O–H groups in total. The summed E-state index contributed by atoms with van der Waals surface area (Å²) in [6, 6.07) is 37.0. The van der Waals surface area contributed by atoms with E-state index in [0.717, 1.165) is 49.9 Å². The van der Waals surface area contributed by atoms with Gasteiger partial charge in [-0.15, -0.1) is 0 Å². The summed E-state index contributed by atoms with van der Waals surface area (Å²) in [4.78, 5) is 23.8. The van der Waals surface area contributed by atoms with E-state index in [4.69, 9.17) is 4.98 Å². The average molecular weight is 528 g/mol. The van der Waals surface area contributed by atoms with Crippen molar-refractivity contribution in [1.29, 1.82) is 0 Å². The van der Waals surface area contributed by atoms with Crippen LogP contribution in [0.3, 0.4) is 0 Å². The van der Waals surface area contributed by atoms with Gasteiger partial charge in [0.05, 0.1) is 16.9 Å². The fourth-order valence-electron chi connectivity index (χ4n) is 5.32. The molecule has 0 bridgehead atoms. The molecule has 0 radical (unpaired) electrons. The van der Waals surface area contributed by atoms with Gasteiger partial charge >= 0.3 is 0 Å². The Morgan fingerprint density at radius 1 is 0.775 bits per heavy atom. The molecule has 198 valence electrons. The SMILES string of the molecule is O=C(CCCc1c(-c2ccc3ccccc3n2)[nH]c2ccc(F)cc12)N(Cc1ccccc1)Cc1ccccc1. The molecule has 4 nitrogen and oxygen atoms in total. The van der Waals surface area contributed by atoms with E-state index < -0.39 is 0 Å². The van der Waals surface area contributed by atoms with Crippen LogP contribution in [0.5, 0.6) is 0 Å². The molecule has 0 saturated carbocycles. The van der Waals surface area contributed by atoms with Crippen LogP contribution >= 0.6 is 0 Å². The van der Waals surface area contributed by atoms with Crippen LogP contribution in [0.4, 0.5) is 4.39 Å². The summed E-state index contributed by atoms with van der Waals surface area (Å²) in [5.41, 5.74) is 6.65. The maximum atomic E-state index is 14.3. The number of hydrogen-bond donors (Lipinski definition) is 1. The number of H-pyrrole nitrogens is 1. The molecule has 0 spiro atoms. The second-order valence-electron chi connectivity index (χ2n) is 10.1. The predicted molar refractivity (Wildman–Crippen MR) is 159 cm³/mol. The van der Waals surface area contributed by atoms with E-state index in [0.29, 0.717) is 32.4 Å². The number of nitrogens with one attached hydrogen (secondary N) is 1. The molecule has 2 aromatic heterocycles. The minimum atomic E-state index is -0.279. The minimum Gasteiger partial charge on any atom is -0.353 e. The van der Waals surface area contributed by atoms with E-state index in [1.165, 1.54) is 6.07 Å². The number of para-hydroxylation sites is 1. The van der Waals surface area contributed by atoms with Gasteiger partial charge in [-0.2, -0.15) is 0 Å². The quantitative estimate of drug-likeness (QED) is 0.207. The maximum absolute atomic E-state index is 14.3. The first kappa shape index (κ1) is 25.5. The van der Waals surface area contributed by atoms with Gasteiger partial charge in [-0.25, -0.2) is 9.37 Å². The van der Waals surface area contributed by atoms with Crippen molar-refractivity contribution in [2.24, 2.45) is 0 Å². The van der Waals surface area contributed by atoms with E-state index in [1.54, 1.807) is 12.1 Å². The van der Waals surface area contributed by atoms with Gasteiger partial charge in [-0.1, -0.05) is 84.9 Å². The molecule has 1 amide bonds. The molecule has 6 rings (SSSR count). The molecule has 5 heteroatoms. The minimum absolute atomic E-state index is 0.101. The molecule has 40 heavy (non-hydrogen) atoms. The molecule has 0 fully saturated rings. The standard InChI is InChI=1S/C35H30FN3O/c36-28-19-21-32-30(22-28)29(35(38-32)33-20-18-27-14-7-8-16-31(27)37-33)15-9-17-34(40)39(23-25-10-3-1-4-11-25)24-26-12-5-2-6-13-26/h1-8,10-14,16,18-22,38H,9,15,17,23-24H2. The van der Waals surface area contributed by atoms with Crippen molar-refractivity contribution < 1.29 is 9.18 Å². The number of rotatable bonds is 9. The van der Waals surface area contributed by atoms with Crippen LogP contribution < -0.4 is 0 Å². The Labute approximate surface area is 233 Å². The van der Waals surface area contributed by atoms with Crippen molar-refractivity contribution in [3.05, 3.63) is 138 Å². The van der Waals surface area contributed by atoms with Gasteiger partial charge in [0, 0.05) is 35.8 Å². The van der Waals surface area contributed by atoms with Crippen molar-refractivity contribution in [3.63, 3.8) is 0 Å². The van der Waals surface area contributed by atoms with E-state index >= 15 is 0 Å². The highest BCUT2D eigenvalue weighted by Crippen LogP contribution is 2.32. The lowest BCUT2D eigenvalue weighted by atomic mass is 10.0. The van der Waals surface area contributed by atoms with Crippen LogP contribution in [0, 0.1) is 5.82 Å². The molecular weight excluding hydrogens is 497 g/mol. The Balaban J connectivity index is 1.25. The normalized spacial score (nSPS) is 11.2. The fourth-order valence-corrected chi connectivity index (χ4v) is 5.32. The highest BCUT2D eigenvalue weighted by atomic mass is 19.1. The Kier molecular flexibility index (Phi) is 7.36. The van der Waals surface area contributed by atoms with E-state index in [2.05, 4.69) is 35.3 Å². The van der Waals surface area contributed by atoms with Crippen molar-refractivity contribution in [2.75, 3.05) is 0 Å². The third-order valence-electron chi connectivity index (χ3n) is 7.33. The monoisotopic (exact) mass is 527 g/mol. The molecule has 4 aromatic carbocycles. The zero-order valence-electron chi connectivity index (χ0n) is 22.2. The average Bonchev–Trinajstić information content (AvgIpc) is 3.35. The molecular formula is C35H30FN3O. The van der Waals surface area contributed by atoms with Crippen LogP contribution in [-0.4, -0.2) is 20.8 Å². The van der Waals surface area contributed by atoms with Gasteiger partial charge in [0.2, 0.25) is 5.91 Å². The fraction of sp³-hybridized carbons (Fsp3) is 0.143. The molecule has 2 heterocycles. The number of halogens is 1. The summed E-state index contributed by atoms with van der Waals surface area (Å²) in [6.07, 6.45) is 1.67. The Morgan fingerprint density at radius 3 is 2.17 bits per heavy atom. The van der Waals surface area contributed by atoms with Gasteiger partial charge in [0.15, 0.2) is 0 Å². The number of nitrogens with zero attached hydrogens (tertiary/aromatic N) is 2. The lowest BCUT2D eigenvalue weighted by molar-refractivity contribution is -0.132. The third kappa shape index (κ3) is 5.64. The van der Waals surface area contributed by atoms with Crippen molar-refractivity contribution in [1.82, 2.24) is 14.9 Å². The zero-order chi connectivity index (χ0) is 27.3. The van der Waals surface area contributed by atoms with Crippen molar-refractivity contribution >= 4 is 27.7 Å².